The van der Waals surface area contributed by atoms with E-state index in [9.17, 15) is 13.6 Å². The van der Waals surface area contributed by atoms with Gasteiger partial charge in [0.2, 0.25) is 0 Å². The number of rotatable bonds is 7. The summed E-state index contributed by atoms with van der Waals surface area (Å²) in [4.78, 5) is 15.7. The summed E-state index contributed by atoms with van der Waals surface area (Å²) < 4.78 is 28.7. The van der Waals surface area contributed by atoms with E-state index >= 15 is 0 Å². The Hall–Kier alpha value is -1.70. The summed E-state index contributed by atoms with van der Waals surface area (Å²) >= 11 is 1.36. The maximum Gasteiger partial charge on any atom is 0.387 e. The molecule has 2 N–H and O–H groups in total. The normalized spacial score (nSPS) is 11.2. The van der Waals surface area contributed by atoms with Crippen molar-refractivity contribution >= 4 is 29.7 Å². The van der Waals surface area contributed by atoms with Gasteiger partial charge < -0.3 is 15.4 Å². The van der Waals surface area contributed by atoms with Crippen LogP contribution in [0.2, 0.25) is 0 Å². The number of halogens is 3. The van der Waals surface area contributed by atoms with E-state index in [1.54, 1.807) is 30.1 Å². The maximum atomic E-state index is 12.6. The maximum absolute atomic E-state index is 12.6. The Kier molecular flexibility index (Phi) is 7.99. The van der Waals surface area contributed by atoms with Crippen molar-refractivity contribution in [1.82, 2.24) is 4.90 Å². The van der Waals surface area contributed by atoms with Crippen LogP contribution < -0.4 is 10.5 Å². The molecule has 1 amide bonds. The summed E-state index contributed by atoms with van der Waals surface area (Å²) in [6.45, 7) is 2.24. The number of ether oxygens (including phenoxy) is 1. The van der Waals surface area contributed by atoms with E-state index in [4.69, 9.17) is 5.73 Å². The highest BCUT2D eigenvalue weighted by Crippen LogP contribution is 2.30. The van der Waals surface area contributed by atoms with Gasteiger partial charge in [-0.05, 0) is 53.9 Å². The van der Waals surface area contributed by atoms with Crippen molar-refractivity contribution < 1.29 is 18.3 Å². The fraction of sp³-hybridized carbons (Fsp3) is 0.389. The van der Waals surface area contributed by atoms with Crippen molar-refractivity contribution in [3.63, 3.8) is 0 Å². The van der Waals surface area contributed by atoms with E-state index in [2.05, 4.69) is 4.74 Å². The minimum Gasteiger partial charge on any atom is -0.435 e. The molecule has 0 fully saturated rings. The Bertz CT molecular complexity index is 720. The van der Waals surface area contributed by atoms with Gasteiger partial charge in [-0.25, -0.2) is 0 Å². The number of carbonyl (C=O) groups is 1. The Balaban J connectivity index is 0.00000338. The second kappa shape index (κ2) is 9.30. The molecule has 1 aromatic carbocycles. The minimum atomic E-state index is -2.84. The molecule has 0 atom stereocenters. The van der Waals surface area contributed by atoms with Crippen LogP contribution in [0.4, 0.5) is 8.78 Å². The van der Waals surface area contributed by atoms with Gasteiger partial charge in [-0.2, -0.15) is 8.78 Å². The second-order valence-electron chi connectivity index (χ2n) is 6.60. The highest BCUT2D eigenvalue weighted by molar-refractivity contribution is 7.17. The van der Waals surface area contributed by atoms with Gasteiger partial charge in [0.05, 0.1) is 4.88 Å². The number of nitrogens with zero attached hydrogens (tertiary/aromatic N) is 1. The van der Waals surface area contributed by atoms with Gasteiger partial charge in [-0.3, -0.25) is 4.79 Å². The molecule has 1 aromatic heterocycles. The molecular formula is C18H23ClF2N2O2S. The number of hydrogen-bond acceptors (Lipinski definition) is 4. The quantitative estimate of drug-likeness (QED) is 0.739. The van der Waals surface area contributed by atoms with Crippen LogP contribution >= 0.6 is 23.7 Å². The van der Waals surface area contributed by atoms with Gasteiger partial charge in [0.15, 0.2) is 0 Å². The third kappa shape index (κ3) is 5.93. The molecule has 144 valence electrons. The van der Waals surface area contributed by atoms with Crippen molar-refractivity contribution in [3.05, 3.63) is 41.3 Å². The van der Waals surface area contributed by atoms with E-state index in [1.807, 2.05) is 19.9 Å². The highest BCUT2D eigenvalue weighted by Gasteiger charge is 2.23. The van der Waals surface area contributed by atoms with E-state index in [-0.39, 0.29) is 29.5 Å². The van der Waals surface area contributed by atoms with Crippen LogP contribution in [0.3, 0.4) is 0 Å². The van der Waals surface area contributed by atoms with E-state index in [1.165, 1.54) is 23.5 Å². The lowest BCUT2D eigenvalue weighted by molar-refractivity contribution is -0.0498. The Morgan fingerprint density at radius 3 is 2.38 bits per heavy atom. The SMILES string of the molecule is CN(CC(C)(C)CN)C(=O)c1ccc(-c2ccc(OC(F)F)cc2)s1.Cl. The minimum absolute atomic E-state index is 0. The van der Waals surface area contributed by atoms with Crippen molar-refractivity contribution in [1.29, 1.82) is 0 Å². The molecule has 0 spiro atoms. The molecule has 0 bridgehead atoms. The molecule has 0 saturated heterocycles. The standard InChI is InChI=1S/C18H22F2N2O2S.ClH/c1-18(2,10-21)11-22(3)16(23)15-9-8-14(25-15)12-4-6-13(7-5-12)24-17(19)20;/h4-9,17H,10-11,21H2,1-3H3;1H. The molecule has 1 heterocycles. The molecule has 0 saturated carbocycles. The smallest absolute Gasteiger partial charge is 0.387 e. The van der Waals surface area contributed by atoms with Crippen LogP contribution in [-0.2, 0) is 0 Å². The predicted octanol–water partition coefficient (Wildman–Crippen LogP) is 4.50. The van der Waals surface area contributed by atoms with Crippen molar-refractivity contribution in [2.75, 3.05) is 20.1 Å². The van der Waals surface area contributed by atoms with Gasteiger partial charge in [0.25, 0.3) is 5.91 Å². The molecular weight excluding hydrogens is 382 g/mol. The van der Waals surface area contributed by atoms with E-state index in [0.29, 0.717) is 18.0 Å². The van der Waals surface area contributed by atoms with Crippen LogP contribution in [0.15, 0.2) is 36.4 Å². The van der Waals surface area contributed by atoms with Crippen LogP contribution in [-0.4, -0.2) is 37.6 Å². The van der Waals surface area contributed by atoms with Gasteiger partial charge in [-0.1, -0.05) is 13.8 Å². The molecule has 0 aliphatic carbocycles. The number of amides is 1. The monoisotopic (exact) mass is 404 g/mol. The number of alkyl halides is 2. The van der Waals surface area contributed by atoms with Gasteiger partial charge in [0, 0.05) is 18.5 Å². The molecule has 0 unspecified atom stereocenters. The average Bonchev–Trinajstić information content (AvgIpc) is 3.03. The van der Waals surface area contributed by atoms with Crippen LogP contribution in [0.5, 0.6) is 5.75 Å². The largest absolute Gasteiger partial charge is 0.435 e. The zero-order chi connectivity index (χ0) is 18.6. The molecule has 0 radical (unpaired) electrons. The number of hydrogen-bond donors (Lipinski definition) is 1. The van der Waals surface area contributed by atoms with Crippen LogP contribution in [0, 0.1) is 5.41 Å². The first-order chi connectivity index (χ1) is 11.7. The number of carbonyl (C=O) groups excluding carboxylic acids is 1. The Morgan fingerprint density at radius 1 is 1.23 bits per heavy atom. The second-order valence-corrected chi connectivity index (χ2v) is 7.68. The third-order valence-corrected chi connectivity index (χ3v) is 4.87. The summed E-state index contributed by atoms with van der Waals surface area (Å²) in [5.74, 6) is 0.0470. The van der Waals surface area contributed by atoms with Crippen LogP contribution in [0.25, 0.3) is 10.4 Å². The summed E-state index contributed by atoms with van der Waals surface area (Å²) in [5.41, 5.74) is 6.42. The summed E-state index contributed by atoms with van der Waals surface area (Å²) in [7, 11) is 1.76. The highest BCUT2D eigenvalue weighted by atomic mass is 35.5. The predicted molar refractivity (Wildman–Crippen MR) is 103 cm³/mol. The lowest BCUT2D eigenvalue weighted by Gasteiger charge is -2.28. The summed E-state index contributed by atoms with van der Waals surface area (Å²) in [6.07, 6.45) is 0. The number of nitrogens with two attached hydrogens (primary N) is 1. The lowest BCUT2D eigenvalue weighted by atomic mass is 9.93. The first-order valence-electron chi connectivity index (χ1n) is 7.82. The summed E-state index contributed by atoms with van der Waals surface area (Å²) in [5, 5.41) is 0. The molecule has 0 aliphatic heterocycles. The lowest BCUT2D eigenvalue weighted by Crippen LogP contribution is -2.39. The van der Waals surface area contributed by atoms with Gasteiger partial charge >= 0.3 is 6.61 Å². The third-order valence-electron chi connectivity index (χ3n) is 3.75. The van der Waals surface area contributed by atoms with Crippen molar-refractivity contribution in [2.24, 2.45) is 11.1 Å². The van der Waals surface area contributed by atoms with Crippen LogP contribution in [0.1, 0.15) is 23.5 Å². The zero-order valence-electron chi connectivity index (χ0n) is 14.9. The Morgan fingerprint density at radius 2 is 1.85 bits per heavy atom. The van der Waals surface area contributed by atoms with Gasteiger partial charge in [0.1, 0.15) is 5.75 Å². The van der Waals surface area contributed by atoms with E-state index < -0.39 is 6.61 Å². The molecule has 0 aliphatic rings. The van der Waals surface area contributed by atoms with Crippen molar-refractivity contribution in [2.45, 2.75) is 20.5 Å². The fourth-order valence-corrected chi connectivity index (χ4v) is 3.38. The topological polar surface area (TPSA) is 55.6 Å². The number of benzene rings is 1. The average molecular weight is 405 g/mol. The molecule has 4 nitrogen and oxygen atoms in total. The first-order valence-corrected chi connectivity index (χ1v) is 8.64. The zero-order valence-corrected chi connectivity index (χ0v) is 16.5. The van der Waals surface area contributed by atoms with Gasteiger partial charge in [-0.15, -0.1) is 23.7 Å². The Labute approximate surface area is 162 Å². The molecule has 2 rings (SSSR count). The molecule has 26 heavy (non-hydrogen) atoms. The van der Waals surface area contributed by atoms with E-state index in [0.717, 1.165) is 10.4 Å². The molecule has 2 aromatic rings. The first kappa shape index (κ1) is 22.3. The van der Waals surface area contributed by atoms with Crippen molar-refractivity contribution in [3.8, 4) is 16.2 Å². The summed E-state index contributed by atoms with van der Waals surface area (Å²) in [6, 6.07) is 9.98. The molecule has 8 heteroatoms. The number of thiophene rings is 1. The fourth-order valence-electron chi connectivity index (χ4n) is 2.38.